The maximum absolute atomic E-state index is 8.79. The van der Waals surface area contributed by atoms with Crippen molar-refractivity contribution in [2.24, 2.45) is 4.99 Å². The van der Waals surface area contributed by atoms with Gasteiger partial charge in [-0.05, 0) is 43.7 Å². The molecule has 0 saturated heterocycles. The first-order valence-electron chi connectivity index (χ1n) is 7.15. The van der Waals surface area contributed by atoms with Crippen molar-refractivity contribution in [2.75, 3.05) is 7.05 Å². The molecule has 1 heterocycles. The number of guanidine groups is 1. The molecule has 1 unspecified atom stereocenters. The van der Waals surface area contributed by atoms with Crippen molar-refractivity contribution in [1.82, 2.24) is 10.6 Å². The highest BCUT2D eigenvalue weighted by molar-refractivity contribution is 5.80. The molecule has 2 aromatic rings. The van der Waals surface area contributed by atoms with Crippen LogP contribution < -0.4 is 10.6 Å². The molecule has 2 N–H and O–H groups in total. The number of nitriles is 1. The summed E-state index contributed by atoms with van der Waals surface area (Å²) in [5.74, 6) is 2.47. The number of nitrogens with one attached hydrogen (secondary N) is 2. The van der Waals surface area contributed by atoms with Gasteiger partial charge in [0.1, 0.15) is 11.5 Å². The Labute approximate surface area is 130 Å². The van der Waals surface area contributed by atoms with E-state index in [1.54, 1.807) is 19.2 Å². The fourth-order valence-corrected chi connectivity index (χ4v) is 2.04. The molecule has 0 bridgehead atoms. The highest BCUT2D eigenvalue weighted by Crippen LogP contribution is 2.15. The molecule has 1 atom stereocenters. The maximum Gasteiger partial charge on any atom is 0.191 e. The summed E-state index contributed by atoms with van der Waals surface area (Å²) in [6, 6.07) is 13.5. The molecule has 0 aliphatic heterocycles. The smallest absolute Gasteiger partial charge is 0.191 e. The molecule has 2 rings (SSSR count). The van der Waals surface area contributed by atoms with Gasteiger partial charge >= 0.3 is 0 Å². The minimum atomic E-state index is 0.0286. The van der Waals surface area contributed by atoms with Crippen molar-refractivity contribution in [1.29, 1.82) is 5.26 Å². The van der Waals surface area contributed by atoms with E-state index in [-0.39, 0.29) is 6.04 Å². The number of aliphatic imine (C=N–C) groups is 1. The van der Waals surface area contributed by atoms with Crippen LogP contribution in [0.25, 0.3) is 0 Å². The topological polar surface area (TPSA) is 73.3 Å². The monoisotopic (exact) mass is 296 g/mol. The molecule has 0 radical (unpaired) electrons. The quantitative estimate of drug-likeness (QED) is 0.672. The van der Waals surface area contributed by atoms with E-state index in [0.29, 0.717) is 18.1 Å². The average molecular weight is 296 g/mol. The molecule has 114 valence electrons. The predicted molar refractivity (Wildman–Crippen MR) is 86.4 cm³/mol. The van der Waals surface area contributed by atoms with Crippen LogP contribution in [0.1, 0.15) is 35.6 Å². The van der Waals surface area contributed by atoms with E-state index < -0.39 is 0 Å². The summed E-state index contributed by atoms with van der Waals surface area (Å²) < 4.78 is 5.60. The summed E-state index contributed by atoms with van der Waals surface area (Å²) in [4.78, 5) is 4.21. The van der Waals surface area contributed by atoms with E-state index in [9.17, 15) is 0 Å². The van der Waals surface area contributed by atoms with Crippen molar-refractivity contribution in [3.05, 3.63) is 59.0 Å². The third-order valence-corrected chi connectivity index (χ3v) is 3.31. The standard InChI is InChI=1S/C17H20N4O/c1-12-4-9-16(22-12)13(2)21-17(19-3)20-11-15-7-5-14(10-18)6-8-15/h4-9,13H,11H2,1-3H3,(H2,19,20,21). The van der Waals surface area contributed by atoms with Gasteiger partial charge in [0.2, 0.25) is 0 Å². The Bertz CT molecular complexity index is 679. The molecule has 22 heavy (non-hydrogen) atoms. The number of aryl methyl sites for hydroxylation is 1. The van der Waals surface area contributed by atoms with Gasteiger partial charge in [0.25, 0.3) is 0 Å². The summed E-state index contributed by atoms with van der Waals surface area (Å²) in [7, 11) is 1.73. The molecule has 1 aromatic carbocycles. The van der Waals surface area contributed by atoms with Crippen molar-refractivity contribution in [2.45, 2.75) is 26.4 Å². The number of furan rings is 1. The molecular formula is C17H20N4O. The second-order valence-electron chi connectivity index (χ2n) is 5.05. The average Bonchev–Trinajstić information content (AvgIpc) is 2.98. The van der Waals surface area contributed by atoms with Crippen molar-refractivity contribution >= 4 is 5.96 Å². The molecule has 5 heteroatoms. The van der Waals surface area contributed by atoms with Crippen LogP contribution in [0.4, 0.5) is 0 Å². The van der Waals surface area contributed by atoms with Crippen molar-refractivity contribution in [3.8, 4) is 6.07 Å². The SMILES string of the molecule is CN=C(NCc1ccc(C#N)cc1)NC(C)c1ccc(C)o1. The molecule has 0 amide bonds. The van der Waals surface area contributed by atoms with Gasteiger partial charge < -0.3 is 15.1 Å². The Morgan fingerprint density at radius 3 is 2.55 bits per heavy atom. The maximum atomic E-state index is 8.79. The molecule has 0 fully saturated rings. The molecule has 0 aliphatic rings. The van der Waals surface area contributed by atoms with E-state index in [4.69, 9.17) is 9.68 Å². The minimum absolute atomic E-state index is 0.0286. The van der Waals surface area contributed by atoms with E-state index in [0.717, 1.165) is 17.1 Å². The molecule has 5 nitrogen and oxygen atoms in total. The van der Waals surface area contributed by atoms with E-state index in [1.807, 2.05) is 38.1 Å². The molecule has 1 aromatic heterocycles. The Hall–Kier alpha value is -2.74. The normalized spacial score (nSPS) is 12.5. The first-order valence-corrected chi connectivity index (χ1v) is 7.15. The molecular weight excluding hydrogens is 276 g/mol. The second-order valence-corrected chi connectivity index (χ2v) is 5.05. The summed E-state index contributed by atoms with van der Waals surface area (Å²) in [6.07, 6.45) is 0. The lowest BCUT2D eigenvalue weighted by Crippen LogP contribution is -2.38. The van der Waals surface area contributed by atoms with Crippen LogP contribution in [0.2, 0.25) is 0 Å². The van der Waals surface area contributed by atoms with E-state index >= 15 is 0 Å². The Balaban J connectivity index is 1.90. The van der Waals surface area contributed by atoms with Crippen LogP contribution in [-0.2, 0) is 6.54 Å². The van der Waals surface area contributed by atoms with Crippen LogP contribution in [0.3, 0.4) is 0 Å². The fraction of sp³-hybridized carbons (Fsp3) is 0.294. The number of benzene rings is 1. The van der Waals surface area contributed by atoms with Crippen molar-refractivity contribution in [3.63, 3.8) is 0 Å². The highest BCUT2D eigenvalue weighted by atomic mass is 16.3. The van der Waals surface area contributed by atoms with E-state index in [2.05, 4.69) is 21.7 Å². The minimum Gasteiger partial charge on any atom is -0.464 e. The van der Waals surface area contributed by atoms with Gasteiger partial charge in [0, 0.05) is 13.6 Å². The third kappa shape index (κ3) is 4.13. The predicted octanol–water partition coefficient (Wildman–Crippen LogP) is 2.89. The molecule has 0 saturated carbocycles. The largest absolute Gasteiger partial charge is 0.464 e. The molecule has 0 aliphatic carbocycles. The Kier molecular flexibility index (Phi) is 5.21. The van der Waals surface area contributed by atoms with Gasteiger partial charge in [-0.25, -0.2) is 0 Å². The third-order valence-electron chi connectivity index (χ3n) is 3.31. The van der Waals surface area contributed by atoms with Gasteiger partial charge in [-0.1, -0.05) is 12.1 Å². The first-order chi connectivity index (χ1) is 10.6. The van der Waals surface area contributed by atoms with Crippen LogP contribution in [0.15, 0.2) is 45.8 Å². The van der Waals surface area contributed by atoms with Crippen LogP contribution >= 0.6 is 0 Å². The van der Waals surface area contributed by atoms with Gasteiger partial charge in [-0.3, -0.25) is 4.99 Å². The van der Waals surface area contributed by atoms with Gasteiger partial charge in [-0.15, -0.1) is 0 Å². The fourth-order valence-electron chi connectivity index (χ4n) is 2.04. The number of hydrogen-bond donors (Lipinski definition) is 2. The summed E-state index contributed by atoms with van der Waals surface area (Å²) in [5.41, 5.74) is 1.75. The molecule has 0 spiro atoms. The zero-order valence-electron chi connectivity index (χ0n) is 13.1. The van der Waals surface area contributed by atoms with Crippen molar-refractivity contribution < 1.29 is 4.42 Å². The first kappa shape index (κ1) is 15.6. The van der Waals surface area contributed by atoms with Gasteiger partial charge in [0.05, 0.1) is 17.7 Å². The summed E-state index contributed by atoms with van der Waals surface area (Å²) >= 11 is 0. The lowest BCUT2D eigenvalue weighted by atomic mass is 10.1. The highest BCUT2D eigenvalue weighted by Gasteiger charge is 2.11. The number of hydrogen-bond acceptors (Lipinski definition) is 3. The second kappa shape index (κ2) is 7.32. The Morgan fingerprint density at radius 1 is 1.27 bits per heavy atom. The van der Waals surface area contributed by atoms with Gasteiger partial charge in [0.15, 0.2) is 5.96 Å². The summed E-state index contributed by atoms with van der Waals surface area (Å²) in [6.45, 7) is 4.58. The number of rotatable bonds is 4. The van der Waals surface area contributed by atoms with E-state index in [1.165, 1.54) is 0 Å². The zero-order valence-corrected chi connectivity index (χ0v) is 13.1. The van der Waals surface area contributed by atoms with Gasteiger partial charge in [-0.2, -0.15) is 5.26 Å². The van der Waals surface area contributed by atoms with Crippen LogP contribution in [0, 0.1) is 18.3 Å². The summed E-state index contributed by atoms with van der Waals surface area (Å²) in [5, 5.41) is 15.3. The van der Waals surface area contributed by atoms with Crippen LogP contribution in [-0.4, -0.2) is 13.0 Å². The lowest BCUT2D eigenvalue weighted by molar-refractivity contribution is 0.441. The zero-order chi connectivity index (χ0) is 15.9. The number of nitrogens with zero attached hydrogens (tertiary/aromatic N) is 2. The lowest BCUT2D eigenvalue weighted by Gasteiger charge is -2.16. The Morgan fingerprint density at radius 2 is 2.00 bits per heavy atom. The van der Waals surface area contributed by atoms with Crippen LogP contribution in [0.5, 0.6) is 0 Å².